The van der Waals surface area contributed by atoms with Crippen LogP contribution in [-0.2, 0) is 23.8 Å². The van der Waals surface area contributed by atoms with Crippen molar-refractivity contribution in [2.75, 3.05) is 11.9 Å². The minimum Gasteiger partial charge on any atom is -0.463 e. The van der Waals surface area contributed by atoms with Crippen molar-refractivity contribution in [1.29, 1.82) is 0 Å². The van der Waals surface area contributed by atoms with Crippen LogP contribution < -0.4 is 5.32 Å². The number of hydrogen-bond acceptors (Lipinski definition) is 9. The minimum absolute atomic E-state index is 0. The molecule has 1 fully saturated rings. The van der Waals surface area contributed by atoms with Crippen LogP contribution in [0.1, 0.15) is 42.9 Å². The topological polar surface area (TPSA) is 104 Å². The van der Waals surface area contributed by atoms with E-state index in [1.165, 1.54) is 31.4 Å². The van der Waals surface area contributed by atoms with Crippen molar-refractivity contribution in [3.63, 3.8) is 0 Å². The van der Waals surface area contributed by atoms with Gasteiger partial charge in [0.25, 0.3) is 0 Å². The Bertz CT molecular complexity index is 1250. The Morgan fingerprint density at radius 1 is 1.03 bits per heavy atom. The predicted molar refractivity (Wildman–Crippen MR) is 132 cm³/mol. The maximum absolute atomic E-state index is 13.1. The largest absolute Gasteiger partial charge is 0.463 e. The molecule has 5 atom stereocenters. The number of nitrogens with zero attached hydrogens (tertiary/aromatic N) is 1. The molecule has 1 aliphatic rings. The zero-order valence-corrected chi connectivity index (χ0v) is 21.9. The number of nitrogens with one attached hydrogen (secondary N) is 1. The van der Waals surface area contributed by atoms with E-state index in [1.54, 1.807) is 6.07 Å². The van der Waals surface area contributed by atoms with Gasteiger partial charge in [0.2, 0.25) is 5.78 Å². The number of thiazole rings is 1. The van der Waals surface area contributed by atoms with Gasteiger partial charge in [-0.05, 0) is 22.8 Å². The summed E-state index contributed by atoms with van der Waals surface area (Å²) in [6.07, 6.45) is -0.173. The third-order valence-corrected chi connectivity index (χ3v) is 7.24. The Labute approximate surface area is 243 Å². The zero-order chi connectivity index (χ0) is 25.1. The van der Waals surface area contributed by atoms with Crippen molar-refractivity contribution in [3.8, 4) is 0 Å². The molecular weight excluding hydrogens is 508 g/mol. The summed E-state index contributed by atoms with van der Waals surface area (Å²) in [5.41, 5.74) is 0.578. The van der Waals surface area contributed by atoms with E-state index in [4.69, 9.17) is 14.2 Å². The van der Waals surface area contributed by atoms with Crippen LogP contribution >= 0.6 is 11.3 Å². The summed E-state index contributed by atoms with van der Waals surface area (Å²) < 4.78 is 16.9. The Balaban J connectivity index is 0.00000361. The number of rotatable bonds is 7. The number of benzene rings is 2. The molecule has 3 aromatic rings. The quantitative estimate of drug-likeness (QED) is 0.350. The molecule has 2 heterocycles. The molecule has 0 radical (unpaired) electrons. The number of anilines is 1. The molecule has 8 nitrogen and oxygen atoms in total. The summed E-state index contributed by atoms with van der Waals surface area (Å²) >= 11 is 1.20. The average Bonchev–Trinajstić information content (AvgIpc) is 3.30. The SMILES string of the molecule is CC(=O)OCC1O[C@H](Nc2ncc(C(=O)c3ccc4ccccc4c3)s2)C(OC(C)=O)[C@@H](C)[C@@H]1C.[Ar]. The van der Waals surface area contributed by atoms with Crippen LogP contribution in [0.5, 0.6) is 0 Å². The second kappa shape index (κ2) is 12.5. The van der Waals surface area contributed by atoms with Crippen molar-refractivity contribution in [2.24, 2.45) is 11.8 Å². The molecule has 1 aliphatic heterocycles. The van der Waals surface area contributed by atoms with E-state index < -0.39 is 30.4 Å². The number of aromatic nitrogens is 1. The number of hydrogen-bond donors (Lipinski definition) is 1. The third kappa shape index (κ3) is 6.63. The maximum atomic E-state index is 13.1. The molecule has 0 amide bonds. The number of carbonyl (C=O) groups is 3. The Kier molecular flexibility index (Phi) is 9.88. The van der Waals surface area contributed by atoms with Crippen molar-refractivity contribution in [3.05, 3.63) is 59.1 Å². The Morgan fingerprint density at radius 2 is 1.75 bits per heavy atom. The number of ketones is 1. The van der Waals surface area contributed by atoms with E-state index >= 15 is 0 Å². The molecule has 10 heteroatoms. The summed E-state index contributed by atoms with van der Waals surface area (Å²) in [6.45, 7) is 6.72. The van der Waals surface area contributed by atoms with Gasteiger partial charge in [-0.1, -0.05) is 61.6 Å². The van der Waals surface area contributed by atoms with Gasteiger partial charge in [0, 0.05) is 63.1 Å². The third-order valence-electron chi connectivity index (χ3n) is 6.31. The van der Waals surface area contributed by atoms with Crippen LogP contribution in [-0.4, -0.2) is 47.7 Å². The van der Waals surface area contributed by atoms with Crippen molar-refractivity contribution in [1.82, 2.24) is 4.98 Å². The fourth-order valence-corrected chi connectivity index (χ4v) is 5.02. The van der Waals surface area contributed by atoms with Crippen LogP contribution in [0, 0.1) is 49.6 Å². The van der Waals surface area contributed by atoms with Gasteiger partial charge in [0.05, 0.1) is 17.2 Å². The monoisotopic (exact) mass is 536 g/mol. The molecule has 0 spiro atoms. The molecule has 192 valence electrons. The first kappa shape index (κ1) is 28.5. The molecule has 2 unspecified atom stereocenters. The molecule has 1 aromatic heterocycles. The zero-order valence-electron chi connectivity index (χ0n) is 20.4. The van der Waals surface area contributed by atoms with Gasteiger partial charge in [-0.25, -0.2) is 4.98 Å². The van der Waals surface area contributed by atoms with E-state index in [9.17, 15) is 14.4 Å². The maximum Gasteiger partial charge on any atom is 0.303 e. The van der Waals surface area contributed by atoms with Crippen LogP contribution in [0.4, 0.5) is 5.13 Å². The smallest absolute Gasteiger partial charge is 0.303 e. The van der Waals surface area contributed by atoms with Crippen molar-refractivity contribution < 1.29 is 66.3 Å². The minimum atomic E-state index is -0.722. The molecule has 0 aliphatic carbocycles. The van der Waals surface area contributed by atoms with Gasteiger partial charge >= 0.3 is 11.9 Å². The molecule has 0 bridgehead atoms. The Morgan fingerprint density at radius 3 is 2.44 bits per heavy atom. The van der Waals surface area contributed by atoms with E-state index in [0.717, 1.165) is 10.8 Å². The summed E-state index contributed by atoms with van der Waals surface area (Å²) in [6, 6.07) is 13.5. The predicted octanol–water partition coefficient (Wildman–Crippen LogP) is 4.43. The molecule has 0 saturated carbocycles. The molecule has 2 aromatic carbocycles. The van der Waals surface area contributed by atoms with Crippen LogP contribution in [0.3, 0.4) is 0 Å². The molecule has 1 saturated heterocycles. The molecule has 4 rings (SSSR count). The van der Waals surface area contributed by atoms with Gasteiger partial charge in [-0.2, -0.15) is 0 Å². The van der Waals surface area contributed by atoms with E-state index in [1.807, 2.05) is 50.2 Å². The van der Waals surface area contributed by atoms with E-state index in [-0.39, 0.29) is 62.0 Å². The summed E-state index contributed by atoms with van der Waals surface area (Å²) in [5, 5.41) is 5.69. The second-order valence-corrected chi connectivity index (χ2v) is 9.79. The number of esters is 2. The molecule has 1 N–H and O–H groups in total. The summed E-state index contributed by atoms with van der Waals surface area (Å²) in [5.74, 6) is -1.05. The normalized spacial score (nSPS) is 23.4. The average molecular weight is 537 g/mol. The van der Waals surface area contributed by atoms with Crippen molar-refractivity contribution >= 4 is 45.0 Å². The summed E-state index contributed by atoms with van der Waals surface area (Å²) in [4.78, 5) is 41.0. The Hall–Kier alpha value is -2.04. The van der Waals surface area contributed by atoms with Gasteiger partial charge in [-0.3, -0.25) is 14.4 Å². The molecule has 36 heavy (non-hydrogen) atoms. The van der Waals surface area contributed by atoms with E-state index in [0.29, 0.717) is 15.6 Å². The fraction of sp³-hybridized carbons (Fsp3) is 0.385. The van der Waals surface area contributed by atoms with Crippen LogP contribution in [0.2, 0.25) is 0 Å². The van der Waals surface area contributed by atoms with Crippen LogP contribution in [0.15, 0.2) is 48.7 Å². The van der Waals surface area contributed by atoms with E-state index in [2.05, 4.69) is 10.3 Å². The fourth-order valence-electron chi connectivity index (χ4n) is 4.21. The standard InChI is InChI=1S/C26H28N2O6S.Ar/c1-14-15(2)24(33-17(4)30)25(34-21(14)13-32-16(3)29)28-26-27-12-22(35-26)23(31)20-10-9-18-7-5-6-8-19(18)11-20;/h5-12,14-15,21,24-25H,13H2,1-4H3,(H,27,28);/t14-,15-,21?,24?,25-;/m0./s1. The van der Waals surface area contributed by atoms with Crippen molar-refractivity contribution in [2.45, 2.75) is 46.1 Å². The van der Waals surface area contributed by atoms with Gasteiger partial charge < -0.3 is 19.5 Å². The summed E-state index contributed by atoms with van der Waals surface area (Å²) in [7, 11) is 0. The van der Waals surface area contributed by atoms with Gasteiger partial charge in [0.1, 0.15) is 12.7 Å². The first-order valence-corrected chi connectivity index (χ1v) is 12.3. The number of carbonyl (C=O) groups excluding carboxylic acids is 3. The number of ether oxygens (including phenoxy) is 3. The first-order chi connectivity index (χ1) is 16.7. The first-order valence-electron chi connectivity index (χ1n) is 11.4. The van der Waals surface area contributed by atoms with Gasteiger partial charge in [-0.15, -0.1) is 0 Å². The second-order valence-electron chi connectivity index (χ2n) is 8.76. The molecular formula is C26H28ArN2O6S. The van der Waals surface area contributed by atoms with Gasteiger partial charge in [0.15, 0.2) is 11.4 Å². The van der Waals surface area contributed by atoms with Crippen LogP contribution in [0.25, 0.3) is 10.8 Å². The number of fused-ring (bicyclic) bond motifs is 1.